The molecule has 0 unspecified atom stereocenters. The minimum atomic E-state index is -0.312. The minimum Gasteiger partial charge on any atom is -0.494 e. The fraction of sp³-hybridized carbons (Fsp3) is 0.360. The number of benzene rings is 2. The molecule has 0 fully saturated rings. The van der Waals surface area contributed by atoms with Gasteiger partial charge in [-0.25, -0.2) is 0 Å². The maximum atomic E-state index is 10.9. The Hall–Kier alpha value is -2.92. The molecule has 0 spiro atoms. The smallest absolute Gasteiger partial charge is 0.217 e. The lowest BCUT2D eigenvalue weighted by molar-refractivity contribution is -0.118. The van der Waals surface area contributed by atoms with Crippen LogP contribution in [0.4, 0.5) is 0 Å². The normalized spacial score (nSPS) is 11.2. The quantitative estimate of drug-likeness (QED) is 0.512. The molecule has 2 aromatic carbocycles. The monoisotopic (exact) mass is 405 g/mol. The highest BCUT2D eigenvalue weighted by Gasteiger charge is 2.17. The largest absolute Gasteiger partial charge is 0.494 e. The van der Waals surface area contributed by atoms with E-state index in [2.05, 4.69) is 45.0 Å². The van der Waals surface area contributed by atoms with Gasteiger partial charge in [0.15, 0.2) is 0 Å². The number of aryl methyl sites for hydroxylation is 1. The molecule has 0 aliphatic heterocycles. The number of carbonyl (C=O) groups excluding carboxylic acids is 1. The number of amides is 1. The Balaban J connectivity index is 2.11. The first-order valence-corrected chi connectivity index (χ1v) is 10.5. The fourth-order valence-electron chi connectivity index (χ4n) is 3.68. The third-order valence-corrected chi connectivity index (χ3v) is 5.13. The van der Waals surface area contributed by atoms with E-state index in [1.54, 1.807) is 0 Å². The highest BCUT2D eigenvalue weighted by Crippen LogP contribution is 2.36. The van der Waals surface area contributed by atoms with Gasteiger partial charge >= 0.3 is 0 Å². The Labute approximate surface area is 178 Å². The molecule has 4 N–H and O–H groups in total. The van der Waals surface area contributed by atoms with Crippen LogP contribution in [0.2, 0.25) is 0 Å². The van der Waals surface area contributed by atoms with E-state index in [4.69, 9.17) is 21.2 Å². The summed E-state index contributed by atoms with van der Waals surface area (Å²) >= 11 is 0. The van der Waals surface area contributed by atoms with E-state index >= 15 is 0 Å². The first-order chi connectivity index (χ1) is 14.4. The van der Waals surface area contributed by atoms with E-state index in [0.717, 1.165) is 45.5 Å². The highest BCUT2D eigenvalue weighted by molar-refractivity contribution is 5.97. The van der Waals surface area contributed by atoms with Crippen molar-refractivity contribution in [2.24, 2.45) is 17.4 Å². The molecule has 1 aromatic heterocycles. The number of nitrogens with zero attached hydrogens (tertiary/aromatic N) is 1. The Morgan fingerprint density at radius 1 is 1.13 bits per heavy atom. The summed E-state index contributed by atoms with van der Waals surface area (Å²) in [4.78, 5) is 15.9. The van der Waals surface area contributed by atoms with Gasteiger partial charge in [0, 0.05) is 24.0 Å². The zero-order chi connectivity index (χ0) is 21.7. The average Bonchev–Trinajstić information content (AvgIpc) is 2.70. The lowest BCUT2D eigenvalue weighted by Crippen LogP contribution is -2.12. The summed E-state index contributed by atoms with van der Waals surface area (Å²) < 4.78 is 5.88. The SMILES string of the molecule is Cc1ccc(-c2c(CN)c(CC(C)C)nc3ccc(OCCCC(N)=O)cc23)cc1. The van der Waals surface area contributed by atoms with Gasteiger partial charge in [0.25, 0.3) is 0 Å². The number of hydrogen-bond donors (Lipinski definition) is 2. The van der Waals surface area contributed by atoms with E-state index in [-0.39, 0.29) is 5.91 Å². The van der Waals surface area contributed by atoms with Crippen LogP contribution in [0.3, 0.4) is 0 Å². The second-order valence-electron chi connectivity index (χ2n) is 8.18. The van der Waals surface area contributed by atoms with Crippen LogP contribution in [0.25, 0.3) is 22.0 Å². The molecule has 0 saturated carbocycles. The number of carbonyl (C=O) groups is 1. The van der Waals surface area contributed by atoms with E-state index in [1.807, 2.05) is 18.2 Å². The van der Waals surface area contributed by atoms with Gasteiger partial charge in [-0.2, -0.15) is 0 Å². The lowest BCUT2D eigenvalue weighted by Gasteiger charge is -2.18. The van der Waals surface area contributed by atoms with Crippen molar-refractivity contribution in [1.82, 2.24) is 4.98 Å². The second kappa shape index (κ2) is 9.72. The predicted octanol–water partition coefficient (Wildman–Crippen LogP) is 4.51. The minimum absolute atomic E-state index is 0.312. The first-order valence-electron chi connectivity index (χ1n) is 10.5. The van der Waals surface area contributed by atoms with Gasteiger partial charge in [-0.3, -0.25) is 9.78 Å². The summed E-state index contributed by atoms with van der Waals surface area (Å²) in [5.41, 5.74) is 18.0. The number of ether oxygens (including phenoxy) is 1. The first kappa shape index (κ1) is 21.8. The standard InChI is InChI=1S/C25H31N3O2/c1-16(2)13-23-21(15-26)25(18-8-6-17(3)7-9-18)20-14-19(10-11-22(20)28-23)30-12-4-5-24(27)29/h6-11,14,16H,4-5,12-13,15,26H2,1-3H3,(H2,27,29). The van der Waals surface area contributed by atoms with Gasteiger partial charge in [0.1, 0.15) is 5.75 Å². The van der Waals surface area contributed by atoms with Crippen molar-refractivity contribution in [3.8, 4) is 16.9 Å². The van der Waals surface area contributed by atoms with Crippen molar-refractivity contribution in [2.45, 2.75) is 46.6 Å². The molecule has 3 rings (SSSR count). The van der Waals surface area contributed by atoms with Crippen LogP contribution in [-0.4, -0.2) is 17.5 Å². The van der Waals surface area contributed by atoms with Crippen LogP contribution in [-0.2, 0) is 17.8 Å². The number of fused-ring (bicyclic) bond motifs is 1. The molecule has 1 amide bonds. The summed E-state index contributed by atoms with van der Waals surface area (Å²) in [5.74, 6) is 0.925. The molecule has 0 atom stereocenters. The average molecular weight is 406 g/mol. The molecule has 5 nitrogen and oxygen atoms in total. The van der Waals surface area contributed by atoms with E-state index < -0.39 is 0 Å². The van der Waals surface area contributed by atoms with Crippen LogP contribution < -0.4 is 16.2 Å². The van der Waals surface area contributed by atoms with Crippen molar-refractivity contribution >= 4 is 16.8 Å². The molecule has 1 heterocycles. The molecule has 0 saturated heterocycles. The summed E-state index contributed by atoms with van der Waals surface area (Å²) in [6.45, 7) is 7.34. The number of pyridine rings is 1. The van der Waals surface area contributed by atoms with Gasteiger partial charge < -0.3 is 16.2 Å². The summed E-state index contributed by atoms with van der Waals surface area (Å²) in [6.07, 6.45) is 1.80. The Kier molecular flexibility index (Phi) is 7.06. The summed E-state index contributed by atoms with van der Waals surface area (Å²) in [7, 11) is 0. The number of rotatable bonds is 9. The van der Waals surface area contributed by atoms with Crippen molar-refractivity contribution in [3.05, 3.63) is 59.3 Å². The van der Waals surface area contributed by atoms with Gasteiger partial charge in [-0.15, -0.1) is 0 Å². The van der Waals surface area contributed by atoms with Crippen LogP contribution in [0.1, 0.15) is 43.5 Å². The molecule has 158 valence electrons. The molecular formula is C25H31N3O2. The van der Waals surface area contributed by atoms with Gasteiger partial charge in [-0.1, -0.05) is 43.7 Å². The molecule has 3 aromatic rings. The molecule has 0 bridgehead atoms. The Bertz CT molecular complexity index is 1030. The summed E-state index contributed by atoms with van der Waals surface area (Å²) in [5, 5.41) is 1.03. The Morgan fingerprint density at radius 2 is 1.87 bits per heavy atom. The van der Waals surface area contributed by atoms with Gasteiger partial charge in [-0.05, 0) is 60.6 Å². The maximum Gasteiger partial charge on any atom is 0.217 e. The number of nitrogens with two attached hydrogens (primary N) is 2. The molecule has 0 aliphatic rings. The number of hydrogen-bond acceptors (Lipinski definition) is 4. The lowest BCUT2D eigenvalue weighted by atomic mass is 9.91. The van der Waals surface area contributed by atoms with E-state index in [1.165, 1.54) is 5.56 Å². The topological polar surface area (TPSA) is 91.2 Å². The summed E-state index contributed by atoms with van der Waals surface area (Å²) in [6, 6.07) is 14.5. The van der Waals surface area contributed by atoms with Crippen LogP contribution in [0.5, 0.6) is 5.75 Å². The van der Waals surface area contributed by atoms with Gasteiger partial charge in [0.05, 0.1) is 12.1 Å². The maximum absolute atomic E-state index is 10.9. The molecule has 0 radical (unpaired) electrons. The van der Waals surface area contributed by atoms with Crippen LogP contribution in [0.15, 0.2) is 42.5 Å². The third kappa shape index (κ3) is 5.16. The van der Waals surface area contributed by atoms with Crippen molar-refractivity contribution in [2.75, 3.05) is 6.61 Å². The van der Waals surface area contributed by atoms with Crippen LogP contribution >= 0.6 is 0 Å². The zero-order valence-electron chi connectivity index (χ0n) is 18.1. The fourth-order valence-corrected chi connectivity index (χ4v) is 3.68. The Morgan fingerprint density at radius 3 is 2.50 bits per heavy atom. The van der Waals surface area contributed by atoms with Crippen molar-refractivity contribution in [3.63, 3.8) is 0 Å². The second-order valence-corrected chi connectivity index (χ2v) is 8.18. The molecular weight excluding hydrogens is 374 g/mol. The van der Waals surface area contributed by atoms with Gasteiger partial charge in [0.2, 0.25) is 5.91 Å². The number of primary amides is 1. The number of aromatic nitrogens is 1. The van der Waals surface area contributed by atoms with Crippen molar-refractivity contribution < 1.29 is 9.53 Å². The highest BCUT2D eigenvalue weighted by atomic mass is 16.5. The van der Waals surface area contributed by atoms with E-state index in [9.17, 15) is 4.79 Å². The zero-order valence-corrected chi connectivity index (χ0v) is 18.1. The third-order valence-electron chi connectivity index (χ3n) is 5.13. The predicted molar refractivity (Wildman–Crippen MR) is 122 cm³/mol. The van der Waals surface area contributed by atoms with Crippen molar-refractivity contribution in [1.29, 1.82) is 0 Å². The molecule has 0 aliphatic carbocycles. The molecule has 5 heteroatoms. The van der Waals surface area contributed by atoms with Crippen LogP contribution in [0, 0.1) is 12.8 Å². The van der Waals surface area contributed by atoms with E-state index in [0.29, 0.717) is 31.9 Å². The molecule has 30 heavy (non-hydrogen) atoms.